The maximum Gasteiger partial charge on any atom is 0.310 e. The van der Waals surface area contributed by atoms with Gasteiger partial charge in [0.2, 0.25) is 0 Å². The summed E-state index contributed by atoms with van der Waals surface area (Å²) in [5.41, 5.74) is 0.333. The van der Waals surface area contributed by atoms with Crippen molar-refractivity contribution in [3.63, 3.8) is 0 Å². The fourth-order valence-corrected chi connectivity index (χ4v) is 1.62. The molecule has 0 radical (unpaired) electrons. The molecule has 0 bridgehead atoms. The second-order valence-corrected chi connectivity index (χ2v) is 4.71. The number of nitro groups is 1. The summed E-state index contributed by atoms with van der Waals surface area (Å²) in [4.78, 5) is 14.5. The van der Waals surface area contributed by atoms with Gasteiger partial charge in [0.25, 0.3) is 5.89 Å². The second-order valence-electron chi connectivity index (χ2n) is 4.71. The van der Waals surface area contributed by atoms with Gasteiger partial charge in [-0.3, -0.25) is 10.1 Å². The Balaban J connectivity index is 2.15. The molecule has 8 nitrogen and oxygen atoms in total. The molecule has 0 aliphatic carbocycles. The maximum absolute atomic E-state index is 10.9. The zero-order valence-electron chi connectivity index (χ0n) is 11.6. The van der Waals surface area contributed by atoms with Crippen LogP contribution in [0.3, 0.4) is 0 Å². The molecule has 1 N–H and O–H groups in total. The van der Waals surface area contributed by atoms with Crippen molar-refractivity contribution < 1.29 is 19.3 Å². The summed E-state index contributed by atoms with van der Waals surface area (Å²) < 4.78 is 10.4. The summed E-state index contributed by atoms with van der Waals surface area (Å²) >= 11 is 0. The van der Waals surface area contributed by atoms with Crippen molar-refractivity contribution in [1.29, 1.82) is 0 Å². The van der Waals surface area contributed by atoms with Gasteiger partial charge in [-0.15, -0.1) is 0 Å². The number of aliphatic hydroxyl groups is 1. The van der Waals surface area contributed by atoms with E-state index in [0.717, 1.165) is 0 Å². The van der Waals surface area contributed by atoms with Crippen LogP contribution in [0.15, 0.2) is 22.7 Å². The van der Waals surface area contributed by atoms with Crippen LogP contribution in [-0.4, -0.2) is 20.2 Å². The molecule has 0 spiro atoms. The SMILES string of the molecule is CC(C)c1noc(COc2cc(CO)ccc2[N+](=O)[O-])n1. The first-order valence-electron chi connectivity index (χ1n) is 6.34. The minimum Gasteiger partial charge on any atom is -0.477 e. The highest BCUT2D eigenvalue weighted by Crippen LogP contribution is 2.28. The van der Waals surface area contributed by atoms with Crippen LogP contribution in [-0.2, 0) is 13.2 Å². The molecule has 0 atom stereocenters. The van der Waals surface area contributed by atoms with E-state index in [1.54, 1.807) is 0 Å². The average molecular weight is 293 g/mol. The predicted octanol–water partition coefficient (Wildman–Crippen LogP) is 2.17. The monoisotopic (exact) mass is 293 g/mol. The van der Waals surface area contributed by atoms with Crippen molar-refractivity contribution in [3.8, 4) is 5.75 Å². The zero-order valence-corrected chi connectivity index (χ0v) is 11.6. The second kappa shape index (κ2) is 6.31. The van der Waals surface area contributed by atoms with Crippen molar-refractivity contribution >= 4 is 5.69 Å². The number of hydrogen-bond donors (Lipinski definition) is 1. The largest absolute Gasteiger partial charge is 0.477 e. The van der Waals surface area contributed by atoms with Gasteiger partial charge in [-0.05, 0) is 17.7 Å². The lowest BCUT2D eigenvalue weighted by atomic mass is 10.2. The Kier molecular flexibility index (Phi) is 4.49. The van der Waals surface area contributed by atoms with Crippen molar-refractivity contribution in [2.75, 3.05) is 0 Å². The van der Waals surface area contributed by atoms with Crippen molar-refractivity contribution in [3.05, 3.63) is 45.6 Å². The van der Waals surface area contributed by atoms with E-state index in [9.17, 15) is 10.1 Å². The molecule has 0 unspecified atom stereocenters. The molecule has 21 heavy (non-hydrogen) atoms. The molecule has 0 amide bonds. The van der Waals surface area contributed by atoms with Gasteiger partial charge >= 0.3 is 5.69 Å². The Labute approximate surface area is 120 Å². The summed E-state index contributed by atoms with van der Waals surface area (Å²) in [7, 11) is 0. The minimum absolute atomic E-state index is 0.0517. The summed E-state index contributed by atoms with van der Waals surface area (Å²) in [5, 5.41) is 23.8. The molecule has 112 valence electrons. The topological polar surface area (TPSA) is 112 Å². The van der Waals surface area contributed by atoms with E-state index in [-0.39, 0.29) is 36.5 Å². The van der Waals surface area contributed by atoms with Gasteiger partial charge in [0.05, 0.1) is 11.5 Å². The van der Waals surface area contributed by atoms with Gasteiger partial charge in [0, 0.05) is 12.0 Å². The van der Waals surface area contributed by atoms with Gasteiger partial charge in [0.1, 0.15) is 0 Å². The molecule has 1 heterocycles. The molecule has 8 heteroatoms. The lowest BCUT2D eigenvalue weighted by molar-refractivity contribution is -0.386. The summed E-state index contributed by atoms with van der Waals surface area (Å²) in [6.45, 7) is 3.54. The first kappa shape index (κ1) is 14.9. The van der Waals surface area contributed by atoms with Crippen molar-refractivity contribution in [1.82, 2.24) is 10.1 Å². The van der Waals surface area contributed by atoms with Crippen LogP contribution in [0.1, 0.15) is 37.0 Å². The van der Waals surface area contributed by atoms with Crippen LogP contribution in [0.2, 0.25) is 0 Å². The van der Waals surface area contributed by atoms with E-state index in [2.05, 4.69) is 10.1 Å². The predicted molar refractivity (Wildman–Crippen MR) is 71.7 cm³/mol. The molecule has 0 aliphatic rings. The number of benzene rings is 1. The van der Waals surface area contributed by atoms with E-state index in [1.165, 1.54) is 18.2 Å². The molecule has 0 saturated heterocycles. The van der Waals surface area contributed by atoms with Crippen LogP contribution >= 0.6 is 0 Å². The quantitative estimate of drug-likeness (QED) is 0.641. The lowest BCUT2D eigenvalue weighted by Crippen LogP contribution is -2.01. The van der Waals surface area contributed by atoms with Crippen LogP contribution in [0.5, 0.6) is 5.75 Å². The third kappa shape index (κ3) is 3.54. The fourth-order valence-electron chi connectivity index (χ4n) is 1.62. The van der Waals surface area contributed by atoms with Crippen LogP contribution in [0.4, 0.5) is 5.69 Å². The van der Waals surface area contributed by atoms with E-state index in [0.29, 0.717) is 11.4 Å². The third-order valence-electron chi connectivity index (χ3n) is 2.75. The van der Waals surface area contributed by atoms with E-state index in [1.807, 2.05) is 13.8 Å². The Hall–Kier alpha value is -2.48. The summed E-state index contributed by atoms with van der Waals surface area (Å²) in [6.07, 6.45) is 0. The number of rotatable bonds is 6. The van der Waals surface area contributed by atoms with Crippen LogP contribution in [0.25, 0.3) is 0 Å². The lowest BCUT2D eigenvalue weighted by Gasteiger charge is -2.05. The highest BCUT2D eigenvalue weighted by atomic mass is 16.6. The standard InChI is InChI=1S/C13H15N3O5/c1-8(2)13-14-12(21-15-13)7-20-11-5-9(6-17)3-4-10(11)16(18)19/h3-5,8,17H,6-7H2,1-2H3. The molecule has 2 aromatic rings. The number of nitro benzene ring substituents is 1. The minimum atomic E-state index is -0.552. The van der Waals surface area contributed by atoms with Gasteiger partial charge in [-0.2, -0.15) is 4.98 Å². The maximum atomic E-state index is 10.9. The fraction of sp³-hybridized carbons (Fsp3) is 0.385. The van der Waals surface area contributed by atoms with Gasteiger partial charge in [-0.1, -0.05) is 19.0 Å². The Bertz CT molecular complexity index is 638. The molecule has 1 aromatic heterocycles. The number of ether oxygens (including phenoxy) is 1. The highest BCUT2D eigenvalue weighted by molar-refractivity contribution is 5.48. The molecular formula is C13H15N3O5. The smallest absolute Gasteiger partial charge is 0.310 e. The molecule has 0 saturated carbocycles. The Morgan fingerprint density at radius 1 is 1.48 bits per heavy atom. The number of aliphatic hydroxyl groups excluding tert-OH is 1. The normalized spacial score (nSPS) is 10.9. The number of hydrogen-bond acceptors (Lipinski definition) is 7. The number of aromatic nitrogens is 2. The summed E-state index contributed by atoms with van der Waals surface area (Å²) in [5.74, 6) is 0.958. The van der Waals surface area contributed by atoms with E-state index >= 15 is 0 Å². The first-order valence-corrected chi connectivity index (χ1v) is 6.34. The third-order valence-corrected chi connectivity index (χ3v) is 2.75. The van der Waals surface area contributed by atoms with Gasteiger partial charge in [-0.25, -0.2) is 0 Å². The van der Waals surface area contributed by atoms with Gasteiger partial charge < -0.3 is 14.4 Å². The number of nitrogens with zero attached hydrogens (tertiary/aromatic N) is 3. The Morgan fingerprint density at radius 2 is 2.24 bits per heavy atom. The molecule has 0 fully saturated rings. The average Bonchev–Trinajstić information content (AvgIpc) is 2.93. The Morgan fingerprint density at radius 3 is 2.81 bits per heavy atom. The highest BCUT2D eigenvalue weighted by Gasteiger charge is 2.17. The van der Waals surface area contributed by atoms with Crippen LogP contribution < -0.4 is 4.74 Å². The van der Waals surface area contributed by atoms with Crippen molar-refractivity contribution in [2.45, 2.75) is 33.0 Å². The first-order chi connectivity index (χ1) is 10.0. The van der Waals surface area contributed by atoms with Gasteiger partial charge in [0.15, 0.2) is 18.2 Å². The molecule has 1 aromatic carbocycles. The van der Waals surface area contributed by atoms with Crippen molar-refractivity contribution in [2.24, 2.45) is 0 Å². The summed E-state index contributed by atoms with van der Waals surface area (Å²) in [6, 6.07) is 4.17. The van der Waals surface area contributed by atoms with E-state index < -0.39 is 4.92 Å². The molecule has 0 aliphatic heterocycles. The molecular weight excluding hydrogens is 278 g/mol. The zero-order chi connectivity index (χ0) is 15.4. The molecule has 2 rings (SSSR count). The van der Waals surface area contributed by atoms with E-state index in [4.69, 9.17) is 14.4 Å². The van der Waals surface area contributed by atoms with Crippen LogP contribution in [0, 0.1) is 10.1 Å².